The van der Waals surface area contributed by atoms with E-state index < -0.39 is 12.0 Å². The Morgan fingerprint density at radius 3 is 2.67 bits per heavy atom. The normalized spacial score (nSPS) is 9.33. The number of nitriles is 1. The zero-order chi connectivity index (χ0) is 13.5. The van der Waals surface area contributed by atoms with Crippen molar-refractivity contribution in [3.05, 3.63) is 29.8 Å². The molecule has 0 fully saturated rings. The number of carbonyl (C=O) groups excluding carboxylic acids is 1. The Bertz CT molecular complexity index is 494. The van der Waals surface area contributed by atoms with Crippen molar-refractivity contribution >= 4 is 17.7 Å². The van der Waals surface area contributed by atoms with E-state index >= 15 is 0 Å². The first-order chi connectivity index (χ1) is 8.58. The highest BCUT2D eigenvalue weighted by atomic mass is 16.4. The number of para-hydroxylation sites is 1. The van der Waals surface area contributed by atoms with E-state index in [4.69, 9.17) is 10.4 Å². The van der Waals surface area contributed by atoms with Crippen molar-refractivity contribution in [3.63, 3.8) is 0 Å². The maximum Gasteiger partial charge on any atom is 0.323 e. The minimum atomic E-state index is -1.08. The third-order valence-electron chi connectivity index (χ3n) is 2.28. The van der Waals surface area contributed by atoms with Crippen molar-refractivity contribution in [2.45, 2.75) is 6.92 Å². The maximum absolute atomic E-state index is 11.8. The number of urea groups is 1. The van der Waals surface area contributed by atoms with E-state index in [1.54, 1.807) is 31.2 Å². The van der Waals surface area contributed by atoms with Gasteiger partial charge in [-0.1, -0.05) is 12.1 Å². The van der Waals surface area contributed by atoms with Gasteiger partial charge in [0.2, 0.25) is 0 Å². The molecule has 0 radical (unpaired) electrons. The summed E-state index contributed by atoms with van der Waals surface area (Å²) in [5.41, 5.74) is 0.700. The van der Waals surface area contributed by atoms with Gasteiger partial charge in [0.25, 0.3) is 0 Å². The van der Waals surface area contributed by atoms with Crippen molar-refractivity contribution < 1.29 is 14.7 Å². The summed E-state index contributed by atoms with van der Waals surface area (Å²) in [6, 6.07) is 7.94. The fourth-order valence-electron chi connectivity index (χ4n) is 1.37. The van der Waals surface area contributed by atoms with Crippen LogP contribution in [0.3, 0.4) is 0 Å². The number of benzene rings is 1. The van der Waals surface area contributed by atoms with E-state index in [9.17, 15) is 9.59 Å². The molecule has 94 valence electrons. The van der Waals surface area contributed by atoms with E-state index in [0.717, 1.165) is 4.90 Å². The van der Waals surface area contributed by atoms with Gasteiger partial charge in [-0.2, -0.15) is 5.26 Å². The van der Waals surface area contributed by atoms with Gasteiger partial charge in [-0.15, -0.1) is 0 Å². The number of rotatable bonds is 4. The van der Waals surface area contributed by atoms with E-state index in [0.29, 0.717) is 11.3 Å². The van der Waals surface area contributed by atoms with Crippen molar-refractivity contribution in [3.8, 4) is 6.07 Å². The Morgan fingerprint density at radius 2 is 2.11 bits per heavy atom. The Balaban J connectivity index is 2.80. The Kier molecular flexibility index (Phi) is 4.69. The van der Waals surface area contributed by atoms with Gasteiger partial charge in [-0.3, -0.25) is 4.79 Å². The molecule has 0 spiro atoms. The smallest absolute Gasteiger partial charge is 0.323 e. The molecule has 1 aromatic carbocycles. The molecule has 6 heteroatoms. The number of aliphatic carboxylic acids is 1. The molecule has 0 heterocycles. The molecule has 0 bridgehead atoms. The topological polar surface area (TPSA) is 93.4 Å². The summed E-state index contributed by atoms with van der Waals surface area (Å²) in [6.45, 7) is 1.57. The summed E-state index contributed by atoms with van der Waals surface area (Å²) in [5.74, 6) is -1.08. The fraction of sp³-hybridized carbons (Fsp3) is 0.250. The van der Waals surface area contributed by atoms with Crippen LogP contribution in [0.2, 0.25) is 0 Å². The molecule has 0 unspecified atom stereocenters. The highest BCUT2D eigenvalue weighted by Gasteiger charge is 2.15. The van der Waals surface area contributed by atoms with Crippen LogP contribution in [0.1, 0.15) is 12.5 Å². The largest absolute Gasteiger partial charge is 0.480 e. The van der Waals surface area contributed by atoms with Crippen LogP contribution in [-0.4, -0.2) is 35.1 Å². The van der Waals surface area contributed by atoms with Crippen LogP contribution in [0.5, 0.6) is 0 Å². The monoisotopic (exact) mass is 247 g/mol. The molecule has 18 heavy (non-hydrogen) atoms. The zero-order valence-corrected chi connectivity index (χ0v) is 9.88. The molecule has 6 nitrogen and oxygen atoms in total. The highest BCUT2D eigenvalue weighted by molar-refractivity contribution is 5.92. The van der Waals surface area contributed by atoms with Gasteiger partial charge < -0.3 is 15.3 Å². The zero-order valence-electron chi connectivity index (χ0n) is 9.88. The van der Waals surface area contributed by atoms with Crippen LogP contribution < -0.4 is 5.32 Å². The lowest BCUT2D eigenvalue weighted by molar-refractivity contribution is -0.137. The van der Waals surface area contributed by atoms with Gasteiger partial charge >= 0.3 is 12.0 Å². The lowest BCUT2D eigenvalue weighted by atomic mass is 10.2. The second kappa shape index (κ2) is 6.25. The van der Waals surface area contributed by atoms with Crippen LogP contribution in [0, 0.1) is 11.3 Å². The van der Waals surface area contributed by atoms with E-state index in [2.05, 4.69) is 5.32 Å². The second-order valence-electron chi connectivity index (χ2n) is 3.50. The number of nitrogens with zero attached hydrogens (tertiary/aromatic N) is 2. The number of carbonyl (C=O) groups is 2. The lowest BCUT2D eigenvalue weighted by Gasteiger charge is -2.19. The Labute approximate surface area is 104 Å². The maximum atomic E-state index is 11.8. The average Bonchev–Trinajstić information content (AvgIpc) is 2.36. The third kappa shape index (κ3) is 3.49. The minimum Gasteiger partial charge on any atom is -0.480 e. The SMILES string of the molecule is CCN(CC(=O)O)C(=O)Nc1ccccc1C#N. The number of carboxylic acids is 1. The molecule has 0 saturated carbocycles. The van der Waals surface area contributed by atoms with Gasteiger partial charge in [0.1, 0.15) is 12.6 Å². The summed E-state index contributed by atoms with van der Waals surface area (Å²) in [4.78, 5) is 23.5. The molecular formula is C12H13N3O3. The molecular weight excluding hydrogens is 234 g/mol. The summed E-state index contributed by atoms with van der Waals surface area (Å²) in [7, 11) is 0. The van der Waals surface area contributed by atoms with Crippen LogP contribution >= 0.6 is 0 Å². The summed E-state index contributed by atoms with van der Waals surface area (Å²) in [5, 5.41) is 20.0. The molecule has 1 rings (SSSR count). The highest BCUT2D eigenvalue weighted by Crippen LogP contribution is 2.14. The van der Waals surface area contributed by atoms with Crippen LogP contribution in [-0.2, 0) is 4.79 Å². The molecule has 0 aliphatic rings. The number of carboxylic acid groups (broad SMARTS) is 1. The second-order valence-corrected chi connectivity index (χ2v) is 3.50. The van der Waals surface area contributed by atoms with Crippen molar-refractivity contribution in [2.24, 2.45) is 0 Å². The third-order valence-corrected chi connectivity index (χ3v) is 2.28. The molecule has 0 aromatic heterocycles. The number of hydrogen-bond donors (Lipinski definition) is 2. The van der Waals surface area contributed by atoms with Gasteiger partial charge in [-0.25, -0.2) is 4.79 Å². The van der Waals surface area contributed by atoms with Gasteiger partial charge in [0.05, 0.1) is 11.3 Å². The van der Waals surface area contributed by atoms with Gasteiger partial charge in [0.15, 0.2) is 0 Å². The number of amides is 2. The first kappa shape index (κ1) is 13.5. The van der Waals surface area contributed by atoms with Crippen molar-refractivity contribution in [1.29, 1.82) is 5.26 Å². The van der Waals surface area contributed by atoms with E-state index in [1.807, 2.05) is 6.07 Å². The predicted molar refractivity (Wildman–Crippen MR) is 65.1 cm³/mol. The van der Waals surface area contributed by atoms with Crippen molar-refractivity contribution in [2.75, 3.05) is 18.4 Å². The van der Waals surface area contributed by atoms with Crippen LogP contribution in [0.25, 0.3) is 0 Å². The Hall–Kier alpha value is -2.55. The summed E-state index contributed by atoms with van der Waals surface area (Å²) < 4.78 is 0. The minimum absolute atomic E-state index is 0.271. The fourth-order valence-corrected chi connectivity index (χ4v) is 1.37. The average molecular weight is 247 g/mol. The first-order valence-corrected chi connectivity index (χ1v) is 5.35. The molecule has 2 amide bonds. The standard InChI is InChI=1S/C12H13N3O3/c1-2-15(8-11(16)17)12(18)14-10-6-4-3-5-9(10)7-13/h3-6H,2,8H2,1H3,(H,14,18)(H,16,17). The Morgan fingerprint density at radius 1 is 1.44 bits per heavy atom. The summed E-state index contributed by atoms with van der Waals surface area (Å²) in [6.07, 6.45) is 0. The number of likely N-dealkylation sites (N-methyl/N-ethyl adjacent to an activating group) is 1. The molecule has 2 N–H and O–H groups in total. The molecule has 1 aromatic rings. The first-order valence-electron chi connectivity index (χ1n) is 5.35. The van der Waals surface area contributed by atoms with Crippen molar-refractivity contribution in [1.82, 2.24) is 4.90 Å². The van der Waals surface area contributed by atoms with Gasteiger partial charge in [0, 0.05) is 6.54 Å². The number of nitrogens with one attached hydrogen (secondary N) is 1. The molecule has 0 aliphatic heterocycles. The molecule has 0 atom stereocenters. The lowest BCUT2D eigenvalue weighted by Crippen LogP contribution is -2.38. The molecule has 0 saturated heterocycles. The van der Waals surface area contributed by atoms with E-state index in [-0.39, 0.29) is 13.1 Å². The number of hydrogen-bond acceptors (Lipinski definition) is 3. The van der Waals surface area contributed by atoms with E-state index in [1.165, 1.54) is 0 Å². The number of anilines is 1. The van der Waals surface area contributed by atoms with Gasteiger partial charge in [-0.05, 0) is 19.1 Å². The van der Waals surface area contributed by atoms with Crippen LogP contribution in [0.15, 0.2) is 24.3 Å². The summed E-state index contributed by atoms with van der Waals surface area (Å²) >= 11 is 0. The molecule has 0 aliphatic carbocycles. The quantitative estimate of drug-likeness (QED) is 0.843. The predicted octanol–water partition coefficient (Wildman–Crippen LogP) is 1.50. The van der Waals surface area contributed by atoms with Crippen LogP contribution in [0.4, 0.5) is 10.5 Å².